The Balaban J connectivity index is 2.25. The molecule has 2 heterocycles. The van der Waals surface area contributed by atoms with E-state index < -0.39 is 21.1 Å². The van der Waals surface area contributed by atoms with Gasteiger partial charge < -0.3 is 0 Å². The van der Waals surface area contributed by atoms with Crippen LogP contribution >= 0.6 is 0 Å². The van der Waals surface area contributed by atoms with E-state index >= 15 is 0 Å². The molecular formula is C19H31N3Sn. The zero-order chi connectivity index (χ0) is 16.5. The molecule has 3 nitrogen and oxygen atoms in total. The van der Waals surface area contributed by atoms with Gasteiger partial charge in [-0.3, -0.25) is 0 Å². The fraction of sp³-hybridized carbons (Fsp3) is 0.684. The molecular weight excluding hydrogens is 389 g/mol. The molecule has 0 atom stereocenters. The predicted molar refractivity (Wildman–Crippen MR) is 99.6 cm³/mol. The molecule has 0 aliphatic rings. The van der Waals surface area contributed by atoms with Crippen molar-refractivity contribution in [3.8, 4) is 0 Å². The maximum atomic E-state index is 4.56. The molecule has 2 rings (SSSR count). The fourth-order valence-corrected chi connectivity index (χ4v) is 8.76. The first-order chi connectivity index (χ1) is 11.2. The normalized spacial score (nSPS) is 12.1. The maximum absolute atomic E-state index is 4.56. The van der Waals surface area contributed by atoms with Gasteiger partial charge in [0.2, 0.25) is 0 Å². The fourth-order valence-electron chi connectivity index (χ4n) is 3.32. The molecule has 2 radical (unpaired) electrons. The minimum atomic E-state index is -0.709. The van der Waals surface area contributed by atoms with Crippen LogP contribution in [-0.2, 0) is 0 Å². The van der Waals surface area contributed by atoms with Gasteiger partial charge in [-0.2, -0.15) is 0 Å². The summed E-state index contributed by atoms with van der Waals surface area (Å²) in [5, 5.41) is 4.56. The molecule has 2 aromatic rings. The Labute approximate surface area is 151 Å². The van der Waals surface area contributed by atoms with Crippen molar-refractivity contribution in [2.45, 2.75) is 82.0 Å². The first-order valence-corrected chi connectivity index (χ1v) is 12.2. The molecule has 0 spiro atoms. The molecule has 0 amide bonds. The van der Waals surface area contributed by atoms with Gasteiger partial charge in [0.1, 0.15) is 0 Å². The molecule has 126 valence electrons. The van der Waals surface area contributed by atoms with Crippen LogP contribution in [0.2, 0.25) is 3.43 Å². The molecule has 0 unspecified atom stereocenters. The topological polar surface area (TPSA) is 30.2 Å². The van der Waals surface area contributed by atoms with E-state index in [9.17, 15) is 0 Å². The Morgan fingerprint density at radius 1 is 0.957 bits per heavy atom. The first-order valence-electron chi connectivity index (χ1n) is 9.30. The Hall–Kier alpha value is -0.581. The van der Waals surface area contributed by atoms with Gasteiger partial charge in [-0.05, 0) is 0 Å². The molecule has 0 N–H and O–H groups in total. The molecule has 0 fully saturated rings. The summed E-state index contributed by atoms with van der Waals surface area (Å²) in [5.41, 5.74) is 1.26. The van der Waals surface area contributed by atoms with Crippen LogP contribution in [0.5, 0.6) is 0 Å². The number of unbranched alkanes of at least 4 members (excludes halogenated alkanes) is 3. The van der Waals surface area contributed by atoms with Crippen molar-refractivity contribution in [2.75, 3.05) is 0 Å². The van der Waals surface area contributed by atoms with E-state index in [1.54, 1.807) is 3.58 Å². The van der Waals surface area contributed by atoms with Gasteiger partial charge in [0, 0.05) is 0 Å². The van der Waals surface area contributed by atoms with E-state index in [4.69, 9.17) is 0 Å². The molecule has 0 aromatic carbocycles. The summed E-state index contributed by atoms with van der Waals surface area (Å²) in [7, 11) is 0. The van der Waals surface area contributed by atoms with Gasteiger partial charge in [-0.1, -0.05) is 0 Å². The standard InChI is InChI=1S/C13H27.C6H4N3.Sn/c1-4-7-10-13(11-8-5-2)12-9-6-3;1-2-8-9-4-3-7-5-6(1)9;/h4-12H2,1-3H3;2-5H;. The Morgan fingerprint density at radius 2 is 1.57 bits per heavy atom. The number of nitrogens with zero attached hydrogens (tertiary/aromatic N) is 3. The second kappa shape index (κ2) is 9.65. The van der Waals surface area contributed by atoms with E-state index in [1.165, 1.54) is 63.3 Å². The summed E-state index contributed by atoms with van der Waals surface area (Å²) >= 11 is -0.709. The third-order valence-corrected chi connectivity index (χ3v) is 10.3. The average Bonchev–Trinajstić information content (AvgIpc) is 2.99. The summed E-state index contributed by atoms with van der Waals surface area (Å²) in [6, 6.07) is 0. The van der Waals surface area contributed by atoms with Crippen molar-refractivity contribution >= 4 is 30.2 Å². The molecule has 0 saturated heterocycles. The predicted octanol–water partition coefficient (Wildman–Crippen LogP) is 4.79. The van der Waals surface area contributed by atoms with Crippen molar-refractivity contribution in [1.82, 2.24) is 14.6 Å². The van der Waals surface area contributed by atoms with Gasteiger partial charge in [0.25, 0.3) is 0 Å². The number of hydrogen-bond donors (Lipinski definition) is 0. The zero-order valence-corrected chi connectivity index (χ0v) is 17.9. The molecule has 0 saturated carbocycles. The van der Waals surface area contributed by atoms with Crippen LogP contribution in [0, 0.1) is 0 Å². The molecule has 2 aromatic heterocycles. The number of aromatic nitrogens is 3. The van der Waals surface area contributed by atoms with Crippen LogP contribution in [-0.4, -0.2) is 35.7 Å². The van der Waals surface area contributed by atoms with Gasteiger partial charge >= 0.3 is 152 Å². The van der Waals surface area contributed by atoms with E-state index in [0.29, 0.717) is 3.43 Å². The van der Waals surface area contributed by atoms with Crippen molar-refractivity contribution in [1.29, 1.82) is 0 Å². The summed E-state index contributed by atoms with van der Waals surface area (Å²) in [5.74, 6) is 0. The van der Waals surface area contributed by atoms with Crippen LogP contribution < -0.4 is 3.58 Å². The minimum absolute atomic E-state index is 0.616. The quantitative estimate of drug-likeness (QED) is 0.490. The van der Waals surface area contributed by atoms with Crippen molar-refractivity contribution in [3.05, 3.63) is 24.8 Å². The number of rotatable bonds is 11. The SMILES string of the molecule is CCCC[C](CCCC)(CCCC)[Sn][c]1cnn2ccncc12. The van der Waals surface area contributed by atoms with Crippen molar-refractivity contribution < 1.29 is 0 Å². The molecule has 0 aliphatic carbocycles. The van der Waals surface area contributed by atoms with Crippen molar-refractivity contribution in [3.63, 3.8) is 0 Å². The van der Waals surface area contributed by atoms with E-state index in [0.717, 1.165) is 0 Å². The third-order valence-electron chi connectivity index (χ3n) is 4.75. The second-order valence-corrected chi connectivity index (χ2v) is 12.0. The van der Waals surface area contributed by atoms with Crippen LogP contribution in [0.25, 0.3) is 5.52 Å². The van der Waals surface area contributed by atoms with Crippen LogP contribution in [0.15, 0.2) is 24.8 Å². The second-order valence-electron chi connectivity index (χ2n) is 6.68. The monoisotopic (exact) mass is 421 g/mol. The van der Waals surface area contributed by atoms with Crippen LogP contribution in [0.3, 0.4) is 0 Å². The molecule has 4 heteroatoms. The summed E-state index contributed by atoms with van der Waals surface area (Å²) in [4.78, 5) is 4.33. The third kappa shape index (κ3) is 5.20. The van der Waals surface area contributed by atoms with E-state index in [2.05, 4.69) is 37.1 Å². The Bertz CT molecular complexity index is 557. The summed E-state index contributed by atoms with van der Waals surface area (Å²) < 4.78 is 4.17. The van der Waals surface area contributed by atoms with E-state index in [1.807, 2.05) is 23.1 Å². The van der Waals surface area contributed by atoms with Crippen LogP contribution in [0.1, 0.15) is 78.6 Å². The Morgan fingerprint density at radius 3 is 2.13 bits per heavy atom. The molecule has 23 heavy (non-hydrogen) atoms. The van der Waals surface area contributed by atoms with E-state index in [-0.39, 0.29) is 0 Å². The molecule has 0 bridgehead atoms. The Kier molecular flexibility index (Phi) is 7.87. The van der Waals surface area contributed by atoms with Crippen molar-refractivity contribution in [2.24, 2.45) is 0 Å². The van der Waals surface area contributed by atoms with Gasteiger partial charge in [0.05, 0.1) is 0 Å². The van der Waals surface area contributed by atoms with Gasteiger partial charge in [-0.25, -0.2) is 0 Å². The summed E-state index contributed by atoms with van der Waals surface area (Å²) in [6.07, 6.45) is 20.3. The summed E-state index contributed by atoms with van der Waals surface area (Å²) in [6.45, 7) is 6.98. The number of hydrogen-bond acceptors (Lipinski definition) is 2. The van der Waals surface area contributed by atoms with Gasteiger partial charge in [0.15, 0.2) is 0 Å². The number of fused-ring (bicyclic) bond motifs is 1. The zero-order valence-electron chi connectivity index (χ0n) is 15.0. The molecule has 0 aliphatic heterocycles. The average molecular weight is 420 g/mol. The first kappa shape index (κ1) is 18.8. The van der Waals surface area contributed by atoms with Crippen LogP contribution in [0.4, 0.5) is 0 Å². The van der Waals surface area contributed by atoms with Gasteiger partial charge in [-0.15, -0.1) is 0 Å².